The minimum Gasteiger partial charge on any atom is -0.444 e. The van der Waals surface area contributed by atoms with Crippen molar-refractivity contribution in [2.45, 2.75) is 52.8 Å². The summed E-state index contributed by atoms with van der Waals surface area (Å²) in [6.45, 7) is 8.82. The number of ether oxygens (including phenoxy) is 1. The fourth-order valence-electron chi connectivity index (χ4n) is 2.32. The Bertz CT molecular complexity index is 683. The van der Waals surface area contributed by atoms with Gasteiger partial charge in [-0.05, 0) is 27.2 Å². The zero-order valence-electron chi connectivity index (χ0n) is 14.9. The average Bonchev–Trinajstić information content (AvgIpc) is 3.03. The minimum atomic E-state index is -0.542. The van der Waals surface area contributed by atoms with E-state index in [4.69, 9.17) is 4.74 Å². The summed E-state index contributed by atoms with van der Waals surface area (Å²) in [6, 6.07) is 0. The van der Waals surface area contributed by atoms with Gasteiger partial charge in [-0.15, -0.1) is 0 Å². The van der Waals surface area contributed by atoms with Gasteiger partial charge in [0.1, 0.15) is 11.4 Å². The van der Waals surface area contributed by atoms with Crippen LogP contribution in [0.3, 0.4) is 0 Å². The van der Waals surface area contributed by atoms with Gasteiger partial charge in [-0.2, -0.15) is 10.2 Å². The van der Waals surface area contributed by atoms with Crippen molar-refractivity contribution in [2.75, 3.05) is 5.32 Å². The van der Waals surface area contributed by atoms with Gasteiger partial charge in [-0.1, -0.05) is 6.92 Å². The van der Waals surface area contributed by atoms with Crippen molar-refractivity contribution in [3.63, 3.8) is 0 Å². The first-order valence-electron chi connectivity index (χ1n) is 8.03. The minimum absolute atomic E-state index is 0.506. The van der Waals surface area contributed by atoms with Crippen molar-refractivity contribution in [1.29, 1.82) is 0 Å². The molecule has 2 heterocycles. The number of amides is 1. The Labute approximate surface area is 142 Å². The summed E-state index contributed by atoms with van der Waals surface area (Å²) >= 11 is 0. The smallest absolute Gasteiger partial charge is 0.413 e. The molecule has 0 radical (unpaired) electrons. The summed E-state index contributed by atoms with van der Waals surface area (Å²) in [4.78, 5) is 11.8. The first-order valence-corrected chi connectivity index (χ1v) is 8.03. The number of carbonyl (C=O) groups is 1. The van der Waals surface area contributed by atoms with Gasteiger partial charge in [0.05, 0.1) is 11.9 Å². The van der Waals surface area contributed by atoms with Crippen molar-refractivity contribution >= 4 is 11.9 Å². The molecule has 0 unspecified atom stereocenters. The summed E-state index contributed by atoms with van der Waals surface area (Å²) in [7, 11) is 1.92. The Morgan fingerprint density at radius 3 is 2.71 bits per heavy atom. The zero-order valence-corrected chi connectivity index (χ0v) is 14.9. The SMILES string of the molecule is CCc1nn(C)cc1CNCc1cn[nH]c1NC(=O)OC(C)(C)C. The zero-order chi connectivity index (χ0) is 17.7. The van der Waals surface area contributed by atoms with Crippen molar-refractivity contribution in [2.24, 2.45) is 7.05 Å². The van der Waals surface area contributed by atoms with E-state index in [0.717, 1.165) is 17.7 Å². The molecule has 3 N–H and O–H groups in total. The third-order valence-corrected chi connectivity index (χ3v) is 3.30. The van der Waals surface area contributed by atoms with Crippen LogP contribution in [0.5, 0.6) is 0 Å². The van der Waals surface area contributed by atoms with Gasteiger partial charge >= 0.3 is 6.09 Å². The number of carbonyl (C=O) groups excluding carboxylic acids is 1. The van der Waals surface area contributed by atoms with E-state index in [-0.39, 0.29) is 0 Å². The molecule has 2 rings (SSSR count). The molecule has 24 heavy (non-hydrogen) atoms. The van der Waals surface area contributed by atoms with Crippen molar-refractivity contribution < 1.29 is 9.53 Å². The molecule has 8 nitrogen and oxygen atoms in total. The van der Waals surface area contributed by atoms with E-state index in [1.165, 1.54) is 5.56 Å². The molecule has 1 amide bonds. The molecule has 0 fully saturated rings. The summed E-state index contributed by atoms with van der Waals surface area (Å²) < 4.78 is 7.07. The molecule has 0 aliphatic carbocycles. The molecule has 0 aromatic carbocycles. The number of nitrogens with zero attached hydrogens (tertiary/aromatic N) is 3. The third-order valence-electron chi connectivity index (χ3n) is 3.30. The summed E-state index contributed by atoms with van der Waals surface area (Å²) in [5.41, 5.74) is 2.58. The number of H-pyrrole nitrogens is 1. The maximum atomic E-state index is 11.8. The normalized spacial score (nSPS) is 11.5. The molecule has 0 aliphatic heterocycles. The van der Waals surface area contributed by atoms with Gasteiger partial charge in [0, 0.05) is 37.5 Å². The molecule has 0 atom stereocenters. The number of aromatic amines is 1. The Kier molecular flexibility index (Phi) is 5.61. The lowest BCUT2D eigenvalue weighted by molar-refractivity contribution is 0.0635. The number of hydrogen-bond acceptors (Lipinski definition) is 5. The lowest BCUT2D eigenvalue weighted by Crippen LogP contribution is -2.27. The van der Waals surface area contributed by atoms with Crippen LogP contribution in [-0.2, 0) is 31.3 Å². The van der Waals surface area contributed by atoms with E-state index in [9.17, 15) is 4.79 Å². The molecule has 0 spiro atoms. The number of hydrogen-bond donors (Lipinski definition) is 3. The first-order chi connectivity index (χ1) is 11.3. The fourth-order valence-corrected chi connectivity index (χ4v) is 2.32. The van der Waals surface area contributed by atoms with Crippen LogP contribution in [0.25, 0.3) is 0 Å². The topological polar surface area (TPSA) is 96.9 Å². The molecular formula is C16H26N6O2. The maximum absolute atomic E-state index is 11.8. The van der Waals surface area contributed by atoms with Gasteiger partial charge in [-0.25, -0.2) is 4.79 Å². The summed E-state index contributed by atoms with van der Waals surface area (Å²) in [5.74, 6) is 0.540. The van der Waals surface area contributed by atoms with Crippen molar-refractivity contribution in [1.82, 2.24) is 25.3 Å². The number of nitrogens with one attached hydrogen (secondary N) is 3. The molecule has 0 aliphatic rings. The molecule has 2 aromatic rings. The fraction of sp³-hybridized carbons (Fsp3) is 0.562. The molecular weight excluding hydrogens is 308 g/mol. The molecule has 2 aromatic heterocycles. The maximum Gasteiger partial charge on any atom is 0.413 e. The third kappa shape index (κ3) is 5.09. The van der Waals surface area contributed by atoms with E-state index in [1.807, 2.05) is 38.7 Å². The number of aromatic nitrogens is 4. The standard InChI is InChI=1S/C16H26N6O2/c1-6-13-12(10-22(5)21-13)8-17-7-11-9-18-20-14(11)19-15(23)24-16(2,3)4/h9-10,17H,6-8H2,1-5H3,(H2,18,19,20,23). The van der Waals surface area contributed by atoms with E-state index in [2.05, 4.69) is 32.9 Å². The Hall–Kier alpha value is -2.35. The Balaban J connectivity index is 1.90. The molecule has 0 bridgehead atoms. The van der Waals surface area contributed by atoms with Gasteiger partial charge in [0.15, 0.2) is 0 Å². The van der Waals surface area contributed by atoms with E-state index < -0.39 is 11.7 Å². The second-order valence-electron chi connectivity index (χ2n) is 6.63. The highest BCUT2D eigenvalue weighted by Gasteiger charge is 2.18. The van der Waals surface area contributed by atoms with Crippen LogP contribution in [0.15, 0.2) is 12.4 Å². The largest absolute Gasteiger partial charge is 0.444 e. The lowest BCUT2D eigenvalue weighted by Gasteiger charge is -2.19. The highest BCUT2D eigenvalue weighted by Crippen LogP contribution is 2.14. The van der Waals surface area contributed by atoms with Crippen LogP contribution in [-0.4, -0.2) is 31.7 Å². The van der Waals surface area contributed by atoms with Crippen molar-refractivity contribution in [3.05, 3.63) is 29.2 Å². The highest BCUT2D eigenvalue weighted by molar-refractivity contribution is 5.84. The van der Waals surface area contributed by atoms with E-state index in [0.29, 0.717) is 18.9 Å². The van der Waals surface area contributed by atoms with Crippen LogP contribution in [0.4, 0.5) is 10.6 Å². The predicted octanol–water partition coefficient (Wildman–Crippen LogP) is 2.34. The first kappa shape index (κ1) is 18.0. The number of aryl methyl sites for hydroxylation is 2. The molecule has 132 valence electrons. The molecule has 0 saturated carbocycles. The van der Waals surface area contributed by atoms with E-state index in [1.54, 1.807) is 6.20 Å². The van der Waals surface area contributed by atoms with Crippen LogP contribution < -0.4 is 10.6 Å². The quantitative estimate of drug-likeness (QED) is 0.753. The summed E-state index contributed by atoms with van der Waals surface area (Å²) in [5, 5.41) is 17.2. The summed E-state index contributed by atoms with van der Waals surface area (Å²) in [6.07, 6.45) is 4.09. The van der Waals surface area contributed by atoms with Crippen LogP contribution in [0, 0.1) is 0 Å². The van der Waals surface area contributed by atoms with Crippen LogP contribution in [0.2, 0.25) is 0 Å². The predicted molar refractivity (Wildman–Crippen MR) is 91.6 cm³/mol. The molecule has 0 saturated heterocycles. The average molecular weight is 334 g/mol. The second kappa shape index (κ2) is 7.48. The van der Waals surface area contributed by atoms with Gasteiger partial charge in [0.2, 0.25) is 0 Å². The second-order valence-corrected chi connectivity index (χ2v) is 6.63. The van der Waals surface area contributed by atoms with Crippen LogP contribution in [0.1, 0.15) is 44.5 Å². The van der Waals surface area contributed by atoms with Crippen molar-refractivity contribution in [3.8, 4) is 0 Å². The van der Waals surface area contributed by atoms with Gasteiger partial charge < -0.3 is 10.1 Å². The molecule has 8 heteroatoms. The number of anilines is 1. The van der Waals surface area contributed by atoms with E-state index >= 15 is 0 Å². The number of rotatable bonds is 6. The van der Waals surface area contributed by atoms with Gasteiger partial charge in [-0.3, -0.25) is 15.1 Å². The highest BCUT2D eigenvalue weighted by atomic mass is 16.6. The Morgan fingerprint density at radius 2 is 2.04 bits per heavy atom. The van der Waals surface area contributed by atoms with Gasteiger partial charge in [0.25, 0.3) is 0 Å². The Morgan fingerprint density at radius 1 is 1.33 bits per heavy atom. The van der Waals surface area contributed by atoms with Crippen LogP contribution >= 0.6 is 0 Å². The lowest BCUT2D eigenvalue weighted by atomic mass is 10.2. The monoisotopic (exact) mass is 334 g/mol.